The SMILES string of the molecule is C[n+]1ccn(P(=O)(OC[C@H]2O[C@@H](n3cnc4c(NC(=O)C(F)(F)F)ncnc43)[C@H](OC(=O)C(F)(F)F)[C@@H]2OC(=O)C(F)(F)F)OC(=O)C(F)(F)F)c1. The summed E-state index contributed by atoms with van der Waals surface area (Å²) < 4.78 is 195. The Kier molecular flexibility index (Phi) is 10.6. The molecule has 30 heteroatoms. The van der Waals surface area contributed by atoms with Gasteiger partial charge in [-0.1, -0.05) is 0 Å². The molecule has 1 aliphatic heterocycles. The fraction of sp³-hybridized carbons (Fsp3) is 0.455. The summed E-state index contributed by atoms with van der Waals surface area (Å²) in [6, 6.07) is 0. The van der Waals surface area contributed by atoms with E-state index in [1.165, 1.54) is 12.4 Å². The van der Waals surface area contributed by atoms with Gasteiger partial charge >= 0.3 is 56.3 Å². The zero-order valence-electron chi connectivity index (χ0n) is 24.7. The van der Waals surface area contributed by atoms with Gasteiger partial charge in [0.1, 0.15) is 24.8 Å². The highest BCUT2D eigenvalue weighted by Gasteiger charge is 2.58. The van der Waals surface area contributed by atoms with Gasteiger partial charge in [0, 0.05) is 0 Å². The molecule has 1 N–H and O–H groups in total. The van der Waals surface area contributed by atoms with Gasteiger partial charge in [0.25, 0.3) is 6.33 Å². The molecular weight excluding hydrogens is 781 g/mol. The summed E-state index contributed by atoms with van der Waals surface area (Å²) in [7, 11) is -4.44. The van der Waals surface area contributed by atoms with E-state index in [0.717, 1.165) is 10.8 Å². The van der Waals surface area contributed by atoms with Crippen LogP contribution in [0.5, 0.6) is 0 Å². The number of nitrogens with zero attached hydrogens (tertiary/aromatic N) is 6. The second-order valence-electron chi connectivity index (χ2n) is 9.90. The number of alkyl halides is 12. The third kappa shape index (κ3) is 8.69. The average molecular weight is 796 g/mol. The molecule has 1 fully saturated rings. The minimum Gasteiger partial charge on any atom is -0.449 e. The van der Waals surface area contributed by atoms with Gasteiger partial charge in [-0.25, -0.2) is 38.5 Å². The summed E-state index contributed by atoms with van der Waals surface area (Å²) in [5, 5.41) is 1.30. The Balaban J connectivity index is 1.82. The monoisotopic (exact) mass is 796 g/mol. The second-order valence-corrected chi connectivity index (χ2v) is 11.7. The molecular formula is C22H15F12N7O10P+. The van der Waals surface area contributed by atoms with Crippen LogP contribution >= 0.6 is 7.75 Å². The first kappa shape index (κ1) is 39.7. The first-order chi connectivity index (χ1) is 23.7. The molecule has 0 radical (unpaired) electrons. The minimum atomic E-state index is -5.93. The van der Waals surface area contributed by atoms with Crippen LogP contribution in [0.2, 0.25) is 0 Å². The summed E-state index contributed by atoms with van der Waals surface area (Å²) in [5.41, 5.74) is -1.59. The van der Waals surface area contributed by atoms with Gasteiger partial charge in [-0.05, 0) is 0 Å². The number of ether oxygens (including phenoxy) is 3. The van der Waals surface area contributed by atoms with Crippen molar-refractivity contribution < 1.29 is 104 Å². The highest BCUT2D eigenvalue weighted by molar-refractivity contribution is 7.52. The number of hydrogen-bond acceptors (Lipinski definition) is 13. The number of carbonyl (C=O) groups is 4. The van der Waals surface area contributed by atoms with Gasteiger partial charge in [0.2, 0.25) is 0 Å². The topological polar surface area (TPSA) is 196 Å². The fourth-order valence-electron chi connectivity index (χ4n) is 4.07. The average Bonchev–Trinajstić information content (AvgIpc) is 3.72. The van der Waals surface area contributed by atoms with Crippen LogP contribution in [-0.4, -0.2) is 97.3 Å². The number of aryl methyl sites for hydroxylation is 1. The molecule has 5 atom stereocenters. The van der Waals surface area contributed by atoms with E-state index in [0.29, 0.717) is 29.7 Å². The van der Waals surface area contributed by atoms with Gasteiger partial charge in [-0.2, -0.15) is 52.7 Å². The normalized spacial score (nSPS) is 21.0. The third-order valence-electron chi connectivity index (χ3n) is 6.23. The Morgan fingerprint density at radius 2 is 1.44 bits per heavy atom. The molecule has 3 aromatic rings. The molecule has 286 valence electrons. The number of anilines is 1. The van der Waals surface area contributed by atoms with Crippen molar-refractivity contribution in [3.8, 4) is 0 Å². The summed E-state index contributed by atoms with van der Waals surface area (Å²) >= 11 is 0. The van der Waals surface area contributed by atoms with Gasteiger partial charge in [-0.15, -0.1) is 4.34 Å². The number of aromatic nitrogens is 6. The number of halogens is 12. The third-order valence-corrected chi connectivity index (χ3v) is 7.90. The van der Waals surface area contributed by atoms with E-state index in [1.807, 2.05) is 0 Å². The van der Waals surface area contributed by atoms with Crippen molar-refractivity contribution in [3.63, 3.8) is 0 Å². The molecule has 1 unspecified atom stereocenters. The van der Waals surface area contributed by atoms with Crippen molar-refractivity contribution in [1.29, 1.82) is 0 Å². The number of rotatable bonds is 9. The lowest BCUT2D eigenvalue weighted by atomic mass is 10.1. The fourth-order valence-corrected chi connectivity index (χ4v) is 5.51. The largest absolute Gasteiger partial charge is 0.585 e. The second kappa shape index (κ2) is 13.8. The number of fused-ring (bicyclic) bond motifs is 1. The maximum absolute atomic E-state index is 13.5. The van der Waals surface area contributed by atoms with Crippen molar-refractivity contribution in [2.75, 3.05) is 11.9 Å². The van der Waals surface area contributed by atoms with Crippen LogP contribution in [-0.2, 0) is 54.0 Å². The van der Waals surface area contributed by atoms with Crippen molar-refractivity contribution >= 4 is 48.5 Å². The number of nitrogens with one attached hydrogen (secondary N) is 1. The Bertz CT molecular complexity index is 1910. The maximum atomic E-state index is 13.5. The van der Waals surface area contributed by atoms with Gasteiger partial charge in [0.15, 0.2) is 35.4 Å². The van der Waals surface area contributed by atoms with Crippen LogP contribution in [0.4, 0.5) is 58.5 Å². The molecule has 0 bridgehead atoms. The molecule has 4 rings (SSSR count). The highest BCUT2D eigenvalue weighted by atomic mass is 31.2. The molecule has 0 aliphatic carbocycles. The summed E-state index contributed by atoms with van der Waals surface area (Å²) in [4.78, 5) is 57.4. The van der Waals surface area contributed by atoms with Gasteiger partial charge in [-0.3, -0.25) is 13.9 Å². The maximum Gasteiger partial charge on any atom is 0.585 e. The predicted octanol–water partition coefficient (Wildman–Crippen LogP) is 2.58. The first-order valence-corrected chi connectivity index (χ1v) is 14.6. The van der Waals surface area contributed by atoms with Crippen LogP contribution in [0.1, 0.15) is 6.23 Å². The number of carbonyl (C=O) groups excluding carboxylic acids is 4. The van der Waals surface area contributed by atoms with Crippen molar-refractivity contribution in [2.45, 2.75) is 49.2 Å². The molecule has 17 nitrogen and oxygen atoms in total. The number of imidazole rings is 2. The summed E-state index contributed by atoms with van der Waals surface area (Å²) in [5.74, 6) is -13.1. The molecule has 1 amide bonds. The van der Waals surface area contributed by atoms with E-state index in [4.69, 9.17) is 9.26 Å². The molecule has 0 spiro atoms. The Hall–Kier alpha value is -5.05. The van der Waals surface area contributed by atoms with Crippen molar-refractivity contribution in [3.05, 3.63) is 31.4 Å². The number of amides is 1. The standard InChI is InChI=1S/C22H14F12N7O10P/c1-39-2-3-40(7-39)52(46,51-18(45)22(32,33)34)47-4-8-10(49-16(43)20(26,27)28)11(50-17(44)21(29,30)31)14(48-8)41-6-37-9-12(35-5-36-13(9)41)38-15(42)19(23,24)25/h2-3,5-8,10-11,14H,4H2,1H3/p+1/t8-,10-,11-,14-,52?/m1/s1. The lowest BCUT2D eigenvalue weighted by Gasteiger charge is -2.25. The zero-order valence-corrected chi connectivity index (χ0v) is 25.5. The summed E-state index contributed by atoms with van der Waals surface area (Å²) in [6.07, 6.45) is -30.7. The van der Waals surface area contributed by atoms with Crippen molar-refractivity contribution in [2.24, 2.45) is 7.05 Å². The number of hydrogen-bond donors (Lipinski definition) is 1. The van der Waals surface area contributed by atoms with E-state index in [2.05, 4.69) is 28.9 Å². The molecule has 3 aromatic heterocycles. The lowest BCUT2D eigenvalue weighted by molar-refractivity contribution is -0.670. The Morgan fingerprint density at radius 3 is 1.96 bits per heavy atom. The predicted molar refractivity (Wildman–Crippen MR) is 132 cm³/mol. The molecule has 0 saturated carbocycles. The van der Waals surface area contributed by atoms with E-state index in [-0.39, 0.29) is 4.34 Å². The Labute approximate surface area is 276 Å². The van der Waals surface area contributed by atoms with Gasteiger partial charge < -0.3 is 24.1 Å². The van der Waals surface area contributed by atoms with Crippen LogP contribution in [0.15, 0.2) is 31.4 Å². The summed E-state index contributed by atoms with van der Waals surface area (Å²) in [6.45, 7) is -1.69. The van der Waals surface area contributed by atoms with Crippen LogP contribution in [0.3, 0.4) is 0 Å². The highest BCUT2D eigenvalue weighted by Crippen LogP contribution is 2.51. The van der Waals surface area contributed by atoms with Crippen LogP contribution < -0.4 is 9.88 Å². The van der Waals surface area contributed by atoms with Crippen LogP contribution in [0.25, 0.3) is 11.2 Å². The first-order valence-electron chi connectivity index (χ1n) is 13.1. The van der Waals surface area contributed by atoms with E-state index < -0.39 is 104 Å². The molecule has 1 saturated heterocycles. The van der Waals surface area contributed by atoms with Gasteiger partial charge in [0.05, 0.1) is 20.0 Å². The lowest BCUT2D eigenvalue weighted by Crippen LogP contribution is -2.45. The Morgan fingerprint density at radius 1 is 0.865 bits per heavy atom. The van der Waals surface area contributed by atoms with Crippen molar-refractivity contribution in [1.82, 2.24) is 23.9 Å². The van der Waals surface area contributed by atoms with E-state index in [1.54, 1.807) is 0 Å². The van der Waals surface area contributed by atoms with Crippen LogP contribution in [0, 0.1) is 0 Å². The smallest absolute Gasteiger partial charge is 0.449 e. The quantitative estimate of drug-likeness (QED) is 0.144. The molecule has 0 aromatic carbocycles. The number of esters is 2. The van der Waals surface area contributed by atoms with E-state index >= 15 is 0 Å². The molecule has 1 aliphatic rings. The minimum absolute atomic E-state index is 0.234. The molecule has 52 heavy (non-hydrogen) atoms. The van der Waals surface area contributed by atoms with E-state index in [9.17, 15) is 76.4 Å². The molecule has 4 heterocycles. The zero-order chi connectivity index (χ0) is 39.2.